The molecule has 0 radical (unpaired) electrons. The van der Waals surface area contributed by atoms with Crippen molar-refractivity contribution >= 4 is 23.2 Å². The van der Waals surface area contributed by atoms with E-state index >= 15 is 0 Å². The second kappa shape index (κ2) is 5.73. The molecular formula is C17H20N4O2S. The van der Waals surface area contributed by atoms with E-state index in [1.807, 2.05) is 51.9 Å². The molecule has 2 atom stereocenters. The van der Waals surface area contributed by atoms with E-state index in [1.54, 1.807) is 11.3 Å². The molecule has 1 fully saturated rings. The molecule has 2 amide bonds. The zero-order valence-electron chi connectivity index (χ0n) is 13.8. The molecule has 24 heavy (non-hydrogen) atoms. The van der Waals surface area contributed by atoms with Crippen molar-refractivity contribution in [1.29, 1.82) is 0 Å². The van der Waals surface area contributed by atoms with E-state index in [0.29, 0.717) is 31.7 Å². The fourth-order valence-corrected chi connectivity index (χ4v) is 4.39. The average Bonchev–Trinajstić information content (AvgIpc) is 3.29. The molecule has 2 aromatic heterocycles. The zero-order valence-corrected chi connectivity index (χ0v) is 14.6. The van der Waals surface area contributed by atoms with Crippen molar-refractivity contribution in [3.63, 3.8) is 0 Å². The lowest BCUT2D eigenvalue weighted by Gasteiger charge is -2.37. The first-order valence-electron chi connectivity index (χ1n) is 8.25. The Bertz CT molecular complexity index is 796. The van der Waals surface area contributed by atoms with Crippen molar-refractivity contribution in [1.82, 2.24) is 19.4 Å². The topological polar surface area (TPSA) is 58.4 Å². The van der Waals surface area contributed by atoms with Crippen LogP contribution in [0.15, 0.2) is 23.7 Å². The summed E-state index contributed by atoms with van der Waals surface area (Å²) in [6.07, 6.45) is 2.45. The van der Waals surface area contributed by atoms with Crippen LogP contribution in [-0.4, -0.2) is 50.3 Å². The molecule has 0 bridgehead atoms. The molecule has 2 aliphatic rings. The average molecular weight is 344 g/mol. The Balaban J connectivity index is 1.68. The minimum atomic E-state index is 0.00917. The lowest BCUT2D eigenvalue weighted by molar-refractivity contribution is -0.130. The fourth-order valence-electron chi connectivity index (χ4n) is 3.78. The van der Waals surface area contributed by atoms with Crippen molar-refractivity contribution in [3.05, 3.63) is 40.1 Å². The maximum atomic E-state index is 13.0. The largest absolute Gasteiger partial charge is 0.338 e. The van der Waals surface area contributed by atoms with Gasteiger partial charge in [0, 0.05) is 31.1 Å². The Morgan fingerprint density at radius 2 is 2.17 bits per heavy atom. The highest BCUT2D eigenvalue weighted by Gasteiger charge is 2.45. The standard InChI is InChI=1S/C17H20N4O2S/c1-3-16(22)19-8-14-15(9-19)21(7-12-10-24-11(2)18-12)17(23)13-5-4-6-20(13)14/h4-6,10,14-15H,3,7-9H2,1-2H3/t14-,15+/m0/s1. The molecule has 0 aliphatic carbocycles. The third-order valence-corrected chi connectivity index (χ3v) is 5.75. The molecule has 7 heteroatoms. The van der Waals surface area contributed by atoms with Crippen LogP contribution in [0, 0.1) is 6.92 Å². The van der Waals surface area contributed by atoms with Crippen LogP contribution in [0.1, 0.15) is 40.6 Å². The van der Waals surface area contributed by atoms with Gasteiger partial charge in [0.25, 0.3) is 5.91 Å². The number of rotatable bonds is 3. The zero-order chi connectivity index (χ0) is 16.8. The quantitative estimate of drug-likeness (QED) is 0.856. The van der Waals surface area contributed by atoms with Crippen LogP contribution in [0.5, 0.6) is 0 Å². The molecular weight excluding hydrogens is 324 g/mol. The summed E-state index contributed by atoms with van der Waals surface area (Å²) in [6.45, 7) is 5.62. The van der Waals surface area contributed by atoms with Gasteiger partial charge in [-0.3, -0.25) is 9.59 Å². The molecule has 2 aliphatic heterocycles. The van der Waals surface area contributed by atoms with Gasteiger partial charge in [-0.25, -0.2) is 4.98 Å². The number of carbonyl (C=O) groups excluding carboxylic acids is 2. The van der Waals surface area contributed by atoms with E-state index in [4.69, 9.17) is 0 Å². The van der Waals surface area contributed by atoms with Crippen LogP contribution < -0.4 is 0 Å². The minimum absolute atomic E-state index is 0.00917. The molecule has 6 nitrogen and oxygen atoms in total. The summed E-state index contributed by atoms with van der Waals surface area (Å²) in [6, 6.07) is 3.91. The number of carbonyl (C=O) groups is 2. The summed E-state index contributed by atoms with van der Waals surface area (Å²) in [5.41, 5.74) is 1.62. The maximum Gasteiger partial charge on any atom is 0.271 e. The summed E-state index contributed by atoms with van der Waals surface area (Å²) in [7, 11) is 0. The summed E-state index contributed by atoms with van der Waals surface area (Å²) >= 11 is 1.60. The number of likely N-dealkylation sites (tertiary alicyclic amines) is 1. The van der Waals surface area contributed by atoms with Gasteiger partial charge in [-0.2, -0.15) is 0 Å². The van der Waals surface area contributed by atoms with Gasteiger partial charge < -0.3 is 14.4 Å². The van der Waals surface area contributed by atoms with Gasteiger partial charge in [-0.1, -0.05) is 6.92 Å². The predicted molar refractivity (Wildman–Crippen MR) is 90.9 cm³/mol. The normalized spacial score (nSPS) is 22.7. The van der Waals surface area contributed by atoms with Crippen molar-refractivity contribution in [2.75, 3.05) is 13.1 Å². The number of fused-ring (bicyclic) bond motifs is 3. The van der Waals surface area contributed by atoms with E-state index in [0.717, 1.165) is 10.7 Å². The van der Waals surface area contributed by atoms with E-state index in [1.165, 1.54) is 0 Å². The highest BCUT2D eigenvalue weighted by atomic mass is 32.1. The van der Waals surface area contributed by atoms with E-state index < -0.39 is 0 Å². The number of nitrogens with zero attached hydrogens (tertiary/aromatic N) is 4. The lowest BCUT2D eigenvalue weighted by atomic mass is 10.1. The Labute approximate surface area is 144 Å². The summed E-state index contributed by atoms with van der Waals surface area (Å²) in [5, 5.41) is 3.01. The second-order valence-electron chi connectivity index (χ2n) is 6.38. The highest BCUT2D eigenvalue weighted by molar-refractivity contribution is 7.09. The van der Waals surface area contributed by atoms with Gasteiger partial charge >= 0.3 is 0 Å². The molecule has 0 aromatic carbocycles. The number of aromatic nitrogens is 2. The first-order chi connectivity index (χ1) is 11.6. The Morgan fingerprint density at radius 3 is 2.88 bits per heavy atom. The number of aryl methyl sites for hydroxylation is 1. The number of amides is 2. The van der Waals surface area contributed by atoms with E-state index in [2.05, 4.69) is 4.98 Å². The molecule has 4 rings (SSSR count). The predicted octanol–water partition coefficient (Wildman–Crippen LogP) is 2.07. The van der Waals surface area contributed by atoms with Gasteiger partial charge in [0.1, 0.15) is 5.69 Å². The second-order valence-corrected chi connectivity index (χ2v) is 7.44. The van der Waals surface area contributed by atoms with Crippen LogP contribution in [0.2, 0.25) is 0 Å². The van der Waals surface area contributed by atoms with Crippen molar-refractivity contribution in [2.45, 2.75) is 38.9 Å². The molecule has 1 saturated heterocycles. The molecule has 126 valence electrons. The molecule has 0 unspecified atom stereocenters. The summed E-state index contributed by atoms with van der Waals surface area (Å²) in [5.74, 6) is 0.174. The Kier molecular flexibility index (Phi) is 3.68. The Morgan fingerprint density at radius 1 is 1.38 bits per heavy atom. The van der Waals surface area contributed by atoms with Gasteiger partial charge in [0.2, 0.25) is 5.91 Å². The van der Waals surface area contributed by atoms with Crippen molar-refractivity contribution in [3.8, 4) is 0 Å². The van der Waals surface area contributed by atoms with Crippen molar-refractivity contribution < 1.29 is 9.59 Å². The first kappa shape index (κ1) is 15.4. The molecule has 2 aromatic rings. The Hall–Kier alpha value is -2.15. The third-order valence-electron chi connectivity index (χ3n) is 4.93. The van der Waals surface area contributed by atoms with Crippen LogP contribution in [0.3, 0.4) is 0 Å². The summed E-state index contributed by atoms with van der Waals surface area (Å²) in [4.78, 5) is 33.4. The third kappa shape index (κ3) is 2.34. The SMILES string of the molecule is CCC(=O)N1C[C@@H]2[C@H](C1)n1cccc1C(=O)N2Cc1csc(C)n1. The van der Waals surface area contributed by atoms with Crippen LogP contribution in [-0.2, 0) is 11.3 Å². The molecule has 4 heterocycles. The van der Waals surface area contributed by atoms with Gasteiger partial charge in [0.05, 0.1) is 29.3 Å². The van der Waals surface area contributed by atoms with Crippen molar-refractivity contribution in [2.24, 2.45) is 0 Å². The van der Waals surface area contributed by atoms with Gasteiger partial charge in [-0.15, -0.1) is 11.3 Å². The minimum Gasteiger partial charge on any atom is -0.338 e. The van der Waals surface area contributed by atoms with Gasteiger partial charge in [0.15, 0.2) is 0 Å². The number of hydrogen-bond acceptors (Lipinski definition) is 4. The smallest absolute Gasteiger partial charge is 0.271 e. The maximum absolute atomic E-state index is 13.0. The fraction of sp³-hybridized carbons (Fsp3) is 0.471. The van der Waals surface area contributed by atoms with Crippen LogP contribution in [0.4, 0.5) is 0 Å². The molecule has 0 spiro atoms. The highest BCUT2D eigenvalue weighted by Crippen LogP contribution is 2.34. The van der Waals surface area contributed by atoms with Crippen LogP contribution >= 0.6 is 11.3 Å². The number of hydrogen-bond donors (Lipinski definition) is 0. The first-order valence-corrected chi connectivity index (χ1v) is 9.13. The van der Waals surface area contributed by atoms with Crippen LogP contribution in [0.25, 0.3) is 0 Å². The number of thiazole rings is 1. The van der Waals surface area contributed by atoms with E-state index in [9.17, 15) is 9.59 Å². The lowest BCUT2D eigenvalue weighted by Crippen LogP contribution is -2.49. The molecule has 0 N–H and O–H groups in total. The van der Waals surface area contributed by atoms with E-state index in [-0.39, 0.29) is 23.9 Å². The molecule has 0 saturated carbocycles. The monoisotopic (exact) mass is 344 g/mol. The summed E-state index contributed by atoms with van der Waals surface area (Å²) < 4.78 is 2.04. The van der Waals surface area contributed by atoms with Gasteiger partial charge in [-0.05, 0) is 19.1 Å².